The number of ether oxygens (including phenoxy) is 1. The molecule has 0 aliphatic carbocycles. The molecule has 12 heteroatoms. The summed E-state index contributed by atoms with van der Waals surface area (Å²) in [5, 5.41) is 16.6. The number of carbonyl (C=O) groups excluding carboxylic acids is 3. The number of benzene rings is 2. The number of halogens is 1. The van der Waals surface area contributed by atoms with Crippen molar-refractivity contribution in [1.29, 1.82) is 0 Å². The van der Waals surface area contributed by atoms with Crippen molar-refractivity contribution in [1.82, 2.24) is 30.8 Å². The topological polar surface area (TPSA) is 130 Å². The van der Waals surface area contributed by atoms with E-state index in [2.05, 4.69) is 41.9 Å². The SMILES string of the molecule is CC1(C)SC2C(NC(=O)C(C(=O)Oc3cccc(Br)c3)c3ccccc3)C(=O)N2C1c1nn[nH]n1. The van der Waals surface area contributed by atoms with Crippen LogP contribution in [0, 0.1) is 0 Å². The number of rotatable bonds is 6. The molecule has 0 saturated carbocycles. The minimum atomic E-state index is -1.25. The fourth-order valence-electron chi connectivity index (χ4n) is 4.43. The van der Waals surface area contributed by atoms with Gasteiger partial charge in [-0.3, -0.25) is 14.4 Å². The lowest BCUT2D eigenvalue weighted by Gasteiger charge is -2.44. The number of hydrogen-bond acceptors (Lipinski definition) is 8. The molecule has 10 nitrogen and oxygen atoms in total. The number of esters is 1. The average Bonchev–Trinajstić information content (AvgIpc) is 3.42. The molecule has 2 aliphatic heterocycles. The first kappa shape index (κ1) is 23.5. The summed E-state index contributed by atoms with van der Waals surface area (Å²) >= 11 is 4.89. The van der Waals surface area contributed by atoms with E-state index in [4.69, 9.17) is 4.74 Å². The maximum atomic E-state index is 13.4. The Morgan fingerprint density at radius 1 is 1.20 bits per heavy atom. The van der Waals surface area contributed by atoms with Gasteiger partial charge in [0, 0.05) is 9.22 Å². The molecule has 2 aliphatic rings. The minimum Gasteiger partial charge on any atom is -0.426 e. The van der Waals surface area contributed by atoms with Crippen LogP contribution in [-0.4, -0.2) is 59.5 Å². The molecule has 2 amide bonds. The molecule has 2 aromatic carbocycles. The summed E-state index contributed by atoms with van der Waals surface area (Å²) in [6.45, 7) is 3.98. The molecule has 4 atom stereocenters. The van der Waals surface area contributed by atoms with Crippen LogP contribution in [0.3, 0.4) is 0 Å². The van der Waals surface area contributed by atoms with Crippen molar-refractivity contribution in [2.24, 2.45) is 0 Å². The number of tetrazole rings is 1. The van der Waals surface area contributed by atoms with Gasteiger partial charge in [0.05, 0.1) is 0 Å². The summed E-state index contributed by atoms with van der Waals surface area (Å²) < 4.78 is 5.86. The Balaban J connectivity index is 1.36. The van der Waals surface area contributed by atoms with Crippen molar-refractivity contribution in [2.45, 2.75) is 42.0 Å². The number of amides is 2. The number of fused-ring (bicyclic) bond motifs is 1. The molecule has 0 radical (unpaired) electrons. The highest BCUT2D eigenvalue weighted by Crippen LogP contribution is 2.56. The van der Waals surface area contributed by atoms with Crippen LogP contribution in [0.2, 0.25) is 0 Å². The summed E-state index contributed by atoms with van der Waals surface area (Å²) in [6, 6.07) is 14.3. The summed E-state index contributed by atoms with van der Waals surface area (Å²) in [7, 11) is 0. The van der Waals surface area contributed by atoms with Gasteiger partial charge in [0.1, 0.15) is 23.2 Å². The number of H-pyrrole nitrogens is 1. The van der Waals surface area contributed by atoms with E-state index in [9.17, 15) is 14.4 Å². The van der Waals surface area contributed by atoms with Crippen molar-refractivity contribution in [3.8, 4) is 5.75 Å². The monoisotopic (exact) mass is 556 g/mol. The zero-order chi connectivity index (χ0) is 24.7. The average molecular weight is 557 g/mol. The third kappa shape index (κ3) is 4.31. The second-order valence-electron chi connectivity index (χ2n) is 8.74. The van der Waals surface area contributed by atoms with Gasteiger partial charge < -0.3 is 15.0 Å². The molecule has 1 aromatic heterocycles. The van der Waals surface area contributed by atoms with Crippen LogP contribution in [0.25, 0.3) is 0 Å². The Kier molecular flexibility index (Phi) is 6.09. The van der Waals surface area contributed by atoms with Crippen LogP contribution in [-0.2, 0) is 14.4 Å². The largest absolute Gasteiger partial charge is 0.426 e. The molecule has 0 spiro atoms. The van der Waals surface area contributed by atoms with Crippen molar-refractivity contribution in [2.75, 3.05) is 0 Å². The van der Waals surface area contributed by atoms with Crippen LogP contribution in [0.5, 0.6) is 5.75 Å². The quantitative estimate of drug-likeness (QED) is 0.205. The maximum Gasteiger partial charge on any atom is 0.328 e. The van der Waals surface area contributed by atoms with E-state index >= 15 is 0 Å². The normalized spacial score (nSPS) is 23.2. The second kappa shape index (κ2) is 9.08. The molecule has 2 N–H and O–H groups in total. The van der Waals surface area contributed by atoms with Gasteiger partial charge in [-0.1, -0.05) is 57.5 Å². The standard InChI is InChI=1S/C23H21BrN6O4S/c1-23(2)17(18-26-28-29-27-18)30-20(32)16(21(30)35-23)25-19(31)15(12-7-4-3-5-8-12)22(33)34-14-10-6-9-13(24)11-14/h3-11,15-17,21H,1-2H3,(H,25,31)(H,26,27,28,29). The molecule has 35 heavy (non-hydrogen) atoms. The molecule has 2 saturated heterocycles. The number of β-lactam (4-membered cyclic amide) rings is 1. The van der Waals surface area contributed by atoms with Gasteiger partial charge in [-0.2, -0.15) is 5.21 Å². The number of hydrogen-bond donors (Lipinski definition) is 2. The predicted molar refractivity (Wildman–Crippen MR) is 130 cm³/mol. The molecule has 180 valence electrons. The van der Waals surface area contributed by atoms with Crippen LogP contribution >= 0.6 is 27.7 Å². The Labute approximate surface area is 213 Å². The molecular weight excluding hydrogens is 536 g/mol. The fourth-order valence-corrected chi connectivity index (χ4v) is 6.44. The van der Waals surface area contributed by atoms with E-state index in [-0.39, 0.29) is 17.3 Å². The van der Waals surface area contributed by atoms with E-state index in [0.29, 0.717) is 17.1 Å². The number of aromatic amines is 1. The highest BCUT2D eigenvalue weighted by molar-refractivity contribution is 9.10. The number of nitrogens with zero attached hydrogens (tertiary/aromatic N) is 4. The first-order valence-corrected chi connectivity index (χ1v) is 12.5. The molecular formula is C23H21BrN6O4S. The Morgan fingerprint density at radius 2 is 1.97 bits per heavy atom. The van der Waals surface area contributed by atoms with Crippen molar-refractivity contribution in [3.05, 3.63) is 70.5 Å². The summed E-state index contributed by atoms with van der Waals surface area (Å²) in [5.74, 6) is -2.12. The van der Waals surface area contributed by atoms with Gasteiger partial charge in [0.2, 0.25) is 11.8 Å². The highest BCUT2D eigenvalue weighted by atomic mass is 79.9. The summed E-state index contributed by atoms with van der Waals surface area (Å²) in [4.78, 5) is 41.3. The van der Waals surface area contributed by atoms with E-state index in [0.717, 1.165) is 4.47 Å². The smallest absolute Gasteiger partial charge is 0.328 e. The van der Waals surface area contributed by atoms with Gasteiger partial charge in [-0.05, 0) is 37.6 Å². The zero-order valence-corrected chi connectivity index (χ0v) is 21.1. The molecule has 3 heterocycles. The van der Waals surface area contributed by atoms with Gasteiger partial charge >= 0.3 is 5.97 Å². The Bertz CT molecular complexity index is 1270. The Morgan fingerprint density at radius 3 is 2.66 bits per heavy atom. The number of aromatic nitrogens is 4. The summed E-state index contributed by atoms with van der Waals surface area (Å²) in [5.41, 5.74) is 0.470. The van der Waals surface area contributed by atoms with Crippen LogP contribution in [0.4, 0.5) is 0 Å². The molecule has 0 bridgehead atoms. The highest BCUT2D eigenvalue weighted by Gasteiger charge is 2.63. The lowest BCUT2D eigenvalue weighted by atomic mass is 9.94. The van der Waals surface area contributed by atoms with Crippen LogP contribution in [0.15, 0.2) is 59.1 Å². The minimum absolute atomic E-state index is 0.261. The van der Waals surface area contributed by atoms with Crippen LogP contribution in [0.1, 0.15) is 37.2 Å². The van der Waals surface area contributed by atoms with Gasteiger partial charge in [0.15, 0.2) is 11.7 Å². The number of carbonyl (C=O) groups is 3. The number of nitrogens with one attached hydrogen (secondary N) is 2. The van der Waals surface area contributed by atoms with Crippen LogP contribution < -0.4 is 10.1 Å². The molecule has 5 rings (SSSR count). The van der Waals surface area contributed by atoms with E-state index in [1.807, 2.05) is 13.8 Å². The van der Waals surface area contributed by atoms with Gasteiger partial charge in [0.25, 0.3) is 0 Å². The number of thioether (sulfide) groups is 1. The molecule has 3 aromatic rings. The molecule has 4 unspecified atom stereocenters. The molecule has 2 fully saturated rings. The first-order valence-electron chi connectivity index (χ1n) is 10.8. The maximum absolute atomic E-state index is 13.4. The second-order valence-corrected chi connectivity index (χ2v) is 11.4. The third-order valence-electron chi connectivity index (χ3n) is 5.99. The lowest BCUT2D eigenvalue weighted by molar-refractivity contribution is -0.153. The van der Waals surface area contributed by atoms with Crippen molar-refractivity contribution >= 4 is 45.5 Å². The first-order chi connectivity index (χ1) is 16.8. The fraction of sp³-hybridized carbons (Fsp3) is 0.304. The lowest BCUT2D eigenvalue weighted by Crippen LogP contribution is -2.68. The predicted octanol–water partition coefficient (Wildman–Crippen LogP) is 2.57. The van der Waals surface area contributed by atoms with E-state index in [1.165, 1.54) is 0 Å². The van der Waals surface area contributed by atoms with Crippen molar-refractivity contribution < 1.29 is 19.1 Å². The summed E-state index contributed by atoms with van der Waals surface area (Å²) in [6.07, 6.45) is 0. The van der Waals surface area contributed by atoms with E-state index < -0.39 is 28.6 Å². The van der Waals surface area contributed by atoms with Gasteiger partial charge in [-0.25, -0.2) is 0 Å². The van der Waals surface area contributed by atoms with E-state index in [1.54, 1.807) is 71.3 Å². The van der Waals surface area contributed by atoms with Crippen molar-refractivity contribution in [3.63, 3.8) is 0 Å². The third-order valence-corrected chi connectivity index (χ3v) is 8.06. The van der Waals surface area contributed by atoms with Gasteiger partial charge in [-0.15, -0.1) is 22.0 Å². The zero-order valence-electron chi connectivity index (χ0n) is 18.7. The Hall–Kier alpha value is -3.25.